The van der Waals surface area contributed by atoms with E-state index in [0.717, 1.165) is 11.4 Å². The molecule has 4 rings (SSSR count). The Labute approximate surface area is 192 Å². The summed E-state index contributed by atoms with van der Waals surface area (Å²) in [4.78, 5) is 19.2. The molecule has 8 heteroatoms. The van der Waals surface area contributed by atoms with Crippen molar-refractivity contribution in [3.8, 4) is 0 Å². The molecule has 3 aromatic rings. The lowest BCUT2D eigenvalue weighted by molar-refractivity contribution is -0.116. The van der Waals surface area contributed by atoms with Crippen LogP contribution >= 0.6 is 12.2 Å². The molecular formula is C24H26FN5OS. The molecule has 0 unspecified atom stereocenters. The first kappa shape index (κ1) is 22.0. The van der Waals surface area contributed by atoms with Crippen molar-refractivity contribution in [3.05, 3.63) is 84.2 Å². The monoisotopic (exact) mass is 451 g/mol. The second-order valence-corrected chi connectivity index (χ2v) is 8.45. The highest BCUT2D eigenvalue weighted by molar-refractivity contribution is 7.80. The van der Waals surface area contributed by atoms with Crippen molar-refractivity contribution >= 4 is 28.9 Å². The van der Waals surface area contributed by atoms with Crippen molar-refractivity contribution in [1.29, 1.82) is 0 Å². The quantitative estimate of drug-likeness (QED) is 0.514. The first-order chi connectivity index (χ1) is 15.4. The lowest BCUT2D eigenvalue weighted by Gasteiger charge is -2.29. The lowest BCUT2D eigenvalue weighted by Crippen LogP contribution is -2.33. The maximum atomic E-state index is 13.1. The molecule has 1 aromatic carbocycles. The number of amides is 1. The predicted octanol–water partition coefficient (Wildman–Crippen LogP) is 4.60. The zero-order valence-electron chi connectivity index (χ0n) is 18.0. The average molecular weight is 452 g/mol. The van der Waals surface area contributed by atoms with Gasteiger partial charge in [-0.25, -0.2) is 4.39 Å². The highest BCUT2D eigenvalue weighted by Crippen LogP contribution is 2.39. The summed E-state index contributed by atoms with van der Waals surface area (Å²) in [5.41, 5.74) is 2.58. The van der Waals surface area contributed by atoms with Crippen LogP contribution in [0.1, 0.15) is 49.8 Å². The second kappa shape index (κ2) is 9.48. The van der Waals surface area contributed by atoms with Crippen LogP contribution in [-0.2, 0) is 4.79 Å². The number of pyridine rings is 1. The van der Waals surface area contributed by atoms with Gasteiger partial charge in [-0.1, -0.05) is 6.07 Å². The first-order valence-corrected chi connectivity index (χ1v) is 11.0. The molecule has 1 aliphatic rings. The molecule has 1 fully saturated rings. The Bertz CT molecular complexity index is 1080. The van der Waals surface area contributed by atoms with E-state index in [2.05, 4.69) is 51.2 Å². The number of aromatic nitrogens is 2. The van der Waals surface area contributed by atoms with Crippen molar-refractivity contribution < 1.29 is 9.18 Å². The highest BCUT2D eigenvalue weighted by Gasteiger charge is 2.41. The van der Waals surface area contributed by atoms with Gasteiger partial charge in [0.1, 0.15) is 5.82 Å². The first-order valence-electron chi connectivity index (χ1n) is 10.6. The number of nitrogens with zero attached hydrogens (tertiary/aromatic N) is 3. The minimum atomic E-state index is -0.340. The van der Waals surface area contributed by atoms with Crippen LogP contribution in [-0.4, -0.2) is 32.0 Å². The summed E-state index contributed by atoms with van der Waals surface area (Å²) in [6.45, 7) is 4.72. The van der Waals surface area contributed by atoms with Gasteiger partial charge in [-0.3, -0.25) is 9.78 Å². The zero-order valence-corrected chi connectivity index (χ0v) is 18.8. The number of halogens is 1. The van der Waals surface area contributed by atoms with E-state index >= 15 is 0 Å². The van der Waals surface area contributed by atoms with E-state index < -0.39 is 0 Å². The molecular weight excluding hydrogens is 425 g/mol. The molecule has 2 N–H and O–H groups in total. The Morgan fingerprint density at radius 2 is 1.97 bits per heavy atom. The van der Waals surface area contributed by atoms with E-state index in [-0.39, 0.29) is 36.3 Å². The Kier molecular flexibility index (Phi) is 6.50. The molecule has 2 atom stereocenters. The third kappa shape index (κ3) is 4.65. The molecule has 0 spiro atoms. The molecule has 6 nitrogen and oxygen atoms in total. The van der Waals surface area contributed by atoms with E-state index in [4.69, 9.17) is 12.2 Å². The number of nitrogens with one attached hydrogen (secondary N) is 2. The van der Waals surface area contributed by atoms with Gasteiger partial charge in [-0.2, -0.15) is 0 Å². The van der Waals surface area contributed by atoms with Crippen LogP contribution in [0.3, 0.4) is 0 Å². The number of thiocarbonyl (C=S) groups is 1. The maximum absolute atomic E-state index is 13.1. The van der Waals surface area contributed by atoms with E-state index in [9.17, 15) is 9.18 Å². The van der Waals surface area contributed by atoms with Crippen LogP contribution in [0, 0.1) is 5.82 Å². The summed E-state index contributed by atoms with van der Waals surface area (Å²) in [5.74, 6) is -0.494. The van der Waals surface area contributed by atoms with Gasteiger partial charge in [-0.15, -0.1) is 0 Å². The van der Waals surface area contributed by atoms with Gasteiger partial charge in [0.05, 0.1) is 17.8 Å². The van der Waals surface area contributed by atoms with Gasteiger partial charge in [0, 0.05) is 42.8 Å². The van der Waals surface area contributed by atoms with Crippen LogP contribution in [0.2, 0.25) is 0 Å². The second-order valence-electron chi connectivity index (χ2n) is 8.06. The predicted molar refractivity (Wildman–Crippen MR) is 127 cm³/mol. The van der Waals surface area contributed by atoms with Crippen LogP contribution < -0.4 is 10.6 Å². The fourth-order valence-electron chi connectivity index (χ4n) is 4.07. The molecule has 0 radical (unpaired) electrons. The smallest absolute Gasteiger partial charge is 0.226 e. The fraction of sp³-hybridized carbons (Fsp3) is 0.292. The number of hydrogen-bond donors (Lipinski definition) is 2. The number of hydrogen-bond acceptors (Lipinski definition) is 3. The summed E-state index contributed by atoms with van der Waals surface area (Å²) < 4.78 is 15.3. The van der Waals surface area contributed by atoms with Gasteiger partial charge in [0.2, 0.25) is 5.91 Å². The number of carbonyl (C=O) groups is 1. The van der Waals surface area contributed by atoms with Gasteiger partial charge in [0.25, 0.3) is 0 Å². The van der Waals surface area contributed by atoms with Gasteiger partial charge in [0.15, 0.2) is 5.11 Å². The number of rotatable bonds is 7. The molecule has 1 amide bonds. The van der Waals surface area contributed by atoms with Crippen molar-refractivity contribution in [2.45, 2.75) is 38.4 Å². The van der Waals surface area contributed by atoms with Crippen LogP contribution in [0.25, 0.3) is 0 Å². The van der Waals surface area contributed by atoms with Gasteiger partial charge in [-0.05, 0) is 74.6 Å². The minimum absolute atomic E-state index is 0.103. The Balaban J connectivity index is 1.56. The van der Waals surface area contributed by atoms with Crippen molar-refractivity contribution in [2.24, 2.45) is 0 Å². The molecule has 2 aromatic heterocycles. The molecule has 166 valence electrons. The standard InChI is InChI=1S/C24H26FN5OS/c1-16(2)29-14-5-7-20(29)23-22(19-6-3-4-13-26-19)28-24(32)30(23)15-12-21(31)27-18-10-8-17(25)9-11-18/h3-11,13-14,16,22-23H,12,15H2,1-2H3,(H,27,31)(H,28,32)/t22-,23+/m1/s1. The van der Waals surface area contributed by atoms with E-state index in [0.29, 0.717) is 17.3 Å². The van der Waals surface area contributed by atoms with E-state index in [1.807, 2.05) is 24.3 Å². The van der Waals surface area contributed by atoms with E-state index in [1.54, 1.807) is 18.3 Å². The Hall–Kier alpha value is -3.26. The highest BCUT2D eigenvalue weighted by atomic mass is 32.1. The van der Waals surface area contributed by atoms with Gasteiger partial charge >= 0.3 is 0 Å². The summed E-state index contributed by atoms with van der Waals surface area (Å²) in [6.07, 6.45) is 4.08. The molecule has 32 heavy (non-hydrogen) atoms. The molecule has 3 heterocycles. The molecule has 0 bridgehead atoms. The van der Waals surface area contributed by atoms with Crippen LogP contribution in [0.15, 0.2) is 67.0 Å². The average Bonchev–Trinajstić information content (AvgIpc) is 3.39. The lowest BCUT2D eigenvalue weighted by atomic mass is 10.0. The van der Waals surface area contributed by atoms with E-state index in [1.165, 1.54) is 12.1 Å². The number of carbonyl (C=O) groups excluding carboxylic acids is 1. The van der Waals surface area contributed by atoms with Crippen molar-refractivity contribution in [2.75, 3.05) is 11.9 Å². The maximum Gasteiger partial charge on any atom is 0.226 e. The van der Waals surface area contributed by atoms with Crippen molar-refractivity contribution in [3.63, 3.8) is 0 Å². The fourth-order valence-corrected chi connectivity index (χ4v) is 4.41. The summed E-state index contributed by atoms with van der Waals surface area (Å²) in [5, 5.41) is 6.82. The van der Waals surface area contributed by atoms with Crippen molar-refractivity contribution in [1.82, 2.24) is 19.8 Å². The largest absolute Gasteiger partial charge is 0.352 e. The summed E-state index contributed by atoms with van der Waals surface area (Å²) in [6, 6.07) is 15.8. The van der Waals surface area contributed by atoms with Crippen LogP contribution in [0.5, 0.6) is 0 Å². The molecule has 1 aliphatic heterocycles. The summed E-state index contributed by atoms with van der Waals surface area (Å²) >= 11 is 5.68. The Morgan fingerprint density at radius 1 is 1.19 bits per heavy atom. The Morgan fingerprint density at radius 3 is 2.66 bits per heavy atom. The number of anilines is 1. The third-order valence-electron chi connectivity index (χ3n) is 5.58. The molecule has 0 aliphatic carbocycles. The van der Waals surface area contributed by atoms with Gasteiger partial charge < -0.3 is 20.1 Å². The summed E-state index contributed by atoms with van der Waals surface area (Å²) in [7, 11) is 0. The minimum Gasteiger partial charge on any atom is -0.352 e. The zero-order chi connectivity index (χ0) is 22.7. The topological polar surface area (TPSA) is 62.2 Å². The van der Waals surface area contributed by atoms with Crippen LogP contribution in [0.4, 0.5) is 10.1 Å². The molecule has 1 saturated heterocycles. The normalized spacial score (nSPS) is 18.1. The SMILES string of the molecule is CC(C)n1cccc1[C@H]1[C@@H](c2ccccn2)NC(=S)N1CCC(=O)Nc1ccc(F)cc1. The third-order valence-corrected chi connectivity index (χ3v) is 5.93. The number of benzene rings is 1. The molecule has 0 saturated carbocycles.